The molecule has 0 aliphatic heterocycles. The first-order chi connectivity index (χ1) is 17.9. The first-order valence-corrected chi connectivity index (χ1v) is 12.7. The highest BCUT2D eigenvalue weighted by Crippen LogP contribution is 2.36. The molecule has 37 heavy (non-hydrogen) atoms. The fourth-order valence-electron chi connectivity index (χ4n) is 4.95. The van der Waals surface area contributed by atoms with Gasteiger partial charge in [-0.1, -0.05) is 26.0 Å². The van der Waals surface area contributed by atoms with Gasteiger partial charge in [0.05, 0.1) is 28.6 Å². The molecule has 1 fully saturated rings. The Kier molecular flexibility index (Phi) is 7.12. The van der Waals surface area contributed by atoms with Crippen molar-refractivity contribution in [2.24, 2.45) is 0 Å². The number of pyridine rings is 2. The van der Waals surface area contributed by atoms with Gasteiger partial charge < -0.3 is 10.1 Å². The summed E-state index contributed by atoms with van der Waals surface area (Å²) in [5, 5.41) is 3.59. The molecule has 1 aliphatic carbocycles. The minimum Gasteiger partial charge on any atom is -0.490 e. The normalized spacial score (nSPS) is 13.9. The standard InChI is InChI=1S/C30H29F2N3O2/c1-18(2)27-28(30(36)34-17-19-10-12-23(31)24(32)15-19)22-16-21(37-20-7-3-4-8-20)11-13-25(22)35-29(27)26-9-5-6-14-33-26/h5-6,9-16,18,20H,3-4,7-8,17H2,1-2H3,(H,34,36). The molecule has 0 radical (unpaired) electrons. The Morgan fingerprint density at radius 3 is 2.57 bits per heavy atom. The summed E-state index contributed by atoms with van der Waals surface area (Å²) in [5.41, 5.74) is 3.69. The summed E-state index contributed by atoms with van der Waals surface area (Å²) in [4.78, 5) is 23.2. The zero-order valence-corrected chi connectivity index (χ0v) is 20.9. The summed E-state index contributed by atoms with van der Waals surface area (Å²) in [6.07, 6.45) is 6.23. The maximum Gasteiger partial charge on any atom is 0.252 e. The highest BCUT2D eigenvalue weighted by molar-refractivity contribution is 6.09. The van der Waals surface area contributed by atoms with Crippen LogP contribution in [0.15, 0.2) is 60.8 Å². The van der Waals surface area contributed by atoms with E-state index in [9.17, 15) is 13.6 Å². The molecule has 1 amide bonds. The number of aromatic nitrogens is 2. The van der Waals surface area contributed by atoms with E-state index in [2.05, 4.69) is 10.3 Å². The summed E-state index contributed by atoms with van der Waals surface area (Å²) in [5.74, 6) is -1.54. The summed E-state index contributed by atoms with van der Waals surface area (Å²) in [6, 6.07) is 14.9. The van der Waals surface area contributed by atoms with Gasteiger partial charge in [-0.25, -0.2) is 13.8 Å². The molecule has 2 aromatic heterocycles. The molecule has 0 bridgehead atoms. The fourth-order valence-corrected chi connectivity index (χ4v) is 4.95. The van der Waals surface area contributed by atoms with Crippen LogP contribution in [0.5, 0.6) is 5.75 Å². The number of rotatable bonds is 7. The average molecular weight is 502 g/mol. The molecule has 190 valence electrons. The average Bonchev–Trinajstić information content (AvgIpc) is 3.41. The maximum atomic E-state index is 13.8. The van der Waals surface area contributed by atoms with Gasteiger partial charge >= 0.3 is 0 Å². The zero-order valence-electron chi connectivity index (χ0n) is 20.9. The molecule has 2 aromatic carbocycles. The first kappa shape index (κ1) is 24.8. The van der Waals surface area contributed by atoms with Crippen LogP contribution < -0.4 is 10.1 Å². The molecule has 2 heterocycles. The van der Waals surface area contributed by atoms with Crippen LogP contribution in [0.3, 0.4) is 0 Å². The minimum absolute atomic E-state index is 0.0441. The Balaban J connectivity index is 1.61. The summed E-state index contributed by atoms with van der Waals surface area (Å²) in [7, 11) is 0. The molecule has 1 aliphatic rings. The molecule has 4 aromatic rings. The zero-order chi connectivity index (χ0) is 25.9. The number of nitrogens with one attached hydrogen (secondary N) is 1. The van der Waals surface area contributed by atoms with Crippen LogP contribution in [0.1, 0.15) is 66.9 Å². The lowest BCUT2D eigenvalue weighted by molar-refractivity contribution is 0.0951. The van der Waals surface area contributed by atoms with Crippen LogP contribution in [-0.4, -0.2) is 22.0 Å². The van der Waals surface area contributed by atoms with Crippen molar-refractivity contribution < 1.29 is 18.3 Å². The second-order valence-corrected chi connectivity index (χ2v) is 9.75. The molecule has 0 unspecified atom stereocenters. The van der Waals surface area contributed by atoms with E-state index in [0.29, 0.717) is 39.2 Å². The minimum atomic E-state index is -0.949. The number of ether oxygens (including phenoxy) is 1. The number of amides is 1. The van der Waals surface area contributed by atoms with Crippen LogP contribution in [0.25, 0.3) is 22.3 Å². The maximum absolute atomic E-state index is 13.8. The molecule has 0 saturated heterocycles. The van der Waals surface area contributed by atoms with Gasteiger partial charge in [0.2, 0.25) is 0 Å². The summed E-state index contributed by atoms with van der Waals surface area (Å²) >= 11 is 0. The van der Waals surface area contributed by atoms with Crippen LogP contribution in [0, 0.1) is 11.6 Å². The highest BCUT2D eigenvalue weighted by Gasteiger charge is 2.25. The number of fused-ring (bicyclic) bond motifs is 1. The van der Waals surface area contributed by atoms with Gasteiger partial charge in [-0.2, -0.15) is 0 Å². The van der Waals surface area contributed by atoms with Gasteiger partial charge in [0, 0.05) is 18.1 Å². The molecule has 5 nitrogen and oxygen atoms in total. The van der Waals surface area contributed by atoms with Crippen molar-refractivity contribution in [3.05, 3.63) is 89.1 Å². The number of hydrogen-bond acceptors (Lipinski definition) is 4. The number of nitrogens with zero attached hydrogens (tertiary/aromatic N) is 2. The number of carbonyl (C=O) groups is 1. The van der Waals surface area contributed by atoms with Crippen molar-refractivity contribution in [1.29, 1.82) is 0 Å². The van der Waals surface area contributed by atoms with Crippen LogP contribution in [0.4, 0.5) is 8.78 Å². The molecule has 7 heteroatoms. The number of benzene rings is 2. The second-order valence-electron chi connectivity index (χ2n) is 9.75. The van der Waals surface area contributed by atoms with Crippen molar-refractivity contribution >= 4 is 16.8 Å². The van der Waals surface area contributed by atoms with E-state index in [1.54, 1.807) is 6.20 Å². The smallest absolute Gasteiger partial charge is 0.252 e. The molecule has 5 rings (SSSR count). The van der Waals surface area contributed by atoms with Gasteiger partial charge in [-0.3, -0.25) is 9.78 Å². The van der Waals surface area contributed by atoms with Crippen LogP contribution in [-0.2, 0) is 6.54 Å². The van der Waals surface area contributed by atoms with E-state index in [1.165, 1.54) is 6.07 Å². The predicted molar refractivity (Wildman–Crippen MR) is 139 cm³/mol. The number of carbonyl (C=O) groups excluding carboxylic acids is 1. The fraction of sp³-hybridized carbons (Fsp3) is 0.300. The van der Waals surface area contributed by atoms with Crippen molar-refractivity contribution in [1.82, 2.24) is 15.3 Å². The third-order valence-electron chi connectivity index (χ3n) is 6.75. The molecule has 1 saturated carbocycles. The van der Waals surface area contributed by atoms with E-state index in [1.807, 2.05) is 50.2 Å². The predicted octanol–water partition coefficient (Wildman–Crippen LogP) is 6.95. The van der Waals surface area contributed by atoms with Crippen molar-refractivity contribution in [2.45, 2.75) is 58.1 Å². The van der Waals surface area contributed by atoms with Crippen molar-refractivity contribution in [3.63, 3.8) is 0 Å². The lowest BCUT2D eigenvalue weighted by Gasteiger charge is -2.20. The van der Waals surface area contributed by atoms with Gasteiger partial charge in [-0.15, -0.1) is 0 Å². The summed E-state index contributed by atoms with van der Waals surface area (Å²) in [6.45, 7) is 4.08. The van der Waals surface area contributed by atoms with Gasteiger partial charge in [0.15, 0.2) is 11.6 Å². The van der Waals surface area contributed by atoms with Gasteiger partial charge in [0.25, 0.3) is 5.91 Å². The van der Waals surface area contributed by atoms with E-state index in [-0.39, 0.29) is 24.5 Å². The number of hydrogen-bond donors (Lipinski definition) is 1. The van der Waals surface area contributed by atoms with E-state index in [0.717, 1.165) is 43.4 Å². The summed E-state index contributed by atoms with van der Waals surface area (Å²) < 4.78 is 33.4. The van der Waals surface area contributed by atoms with E-state index in [4.69, 9.17) is 9.72 Å². The lowest BCUT2D eigenvalue weighted by Crippen LogP contribution is -2.25. The number of halogens is 2. The van der Waals surface area contributed by atoms with Crippen LogP contribution in [0.2, 0.25) is 0 Å². The quantitative estimate of drug-likeness (QED) is 0.298. The van der Waals surface area contributed by atoms with Crippen molar-refractivity contribution in [2.75, 3.05) is 0 Å². The Hall–Kier alpha value is -3.87. The van der Waals surface area contributed by atoms with Crippen molar-refractivity contribution in [3.8, 4) is 17.1 Å². The molecular formula is C30H29F2N3O2. The molecule has 0 atom stereocenters. The van der Waals surface area contributed by atoms with E-state index >= 15 is 0 Å². The molecule has 0 spiro atoms. The Morgan fingerprint density at radius 1 is 1.05 bits per heavy atom. The van der Waals surface area contributed by atoms with Gasteiger partial charge in [-0.05, 0) is 85.2 Å². The highest BCUT2D eigenvalue weighted by atomic mass is 19.2. The topological polar surface area (TPSA) is 64.1 Å². The largest absolute Gasteiger partial charge is 0.490 e. The van der Waals surface area contributed by atoms with Crippen LogP contribution >= 0.6 is 0 Å². The molecular weight excluding hydrogens is 472 g/mol. The third kappa shape index (κ3) is 5.31. The second kappa shape index (κ2) is 10.6. The third-order valence-corrected chi connectivity index (χ3v) is 6.75. The lowest BCUT2D eigenvalue weighted by atomic mass is 9.90. The SMILES string of the molecule is CC(C)c1c(-c2ccccn2)nc2ccc(OC3CCCC3)cc2c1C(=O)NCc1ccc(F)c(F)c1. The monoisotopic (exact) mass is 501 g/mol. The molecule has 1 N–H and O–H groups in total. The first-order valence-electron chi connectivity index (χ1n) is 12.7. The van der Waals surface area contributed by atoms with Gasteiger partial charge in [0.1, 0.15) is 5.75 Å². The van der Waals surface area contributed by atoms with E-state index < -0.39 is 11.6 Å². The Bertz CT molecular complexity index is 1430. The Labute approximate surface area is 214 Å². The Morgan fingerprint density at radius 2 is 1.86 bits per heavy atom.